The molecule has 0 spiro atoms. The summed E-state index contributed by atoms with van der Waals surface area (Å²) in [6.07, 6.45) is 6.50. The Balaban J connectivity index is 1.96. The van der Waals surface area contributed by atoms with E-state index in [0.29, 0.717) is 0 Å². The second kappa shape index (κ2) is 6.12. The summed E-state index contributed by atoms with van der Waals surface area (Å²) >= 11 is 0. The first-order valence-electron chi connectivity index (χ1n) is 9.33. The molecule has 1 aromatic rings. The normalized spacial score (nSPS) is 30.8. The van der Waals surface area contributed by atoms with Gasteiger partial charge in [-0.2, -0.15) is 0 Å². The Labute approximate surface area is 148 Å². The summed E-state index contributed by atoms with van der Waals surface area (Å²) in [5.74, 6) is 0.204. The molecule has 3 heteroatoms. The van der Waals surface area contributed by atoms with Crippen LogP contribution in [0.4, 0.5) is 0 Å². The summed E-state index contributed by atoms with van der Waals surface area (Å²) < 4.78 is 6.75. The molecule has 0 saturated heterocycles. The van der Waals surface area contributed by atoms with Gasteiger partial charge in [-0.1, -0.05) is 70.0 Å². The van der Waals surface area contributed by atoms with Crippen molar-refractivity contribution >= 4 is 13.9 Å². The molecule has 3 atom stereocenters. The van der Waals surface area contributed by atoms with E-state index in [2.05, 4.69) is 64.2 Å². The molecule has 2 aliphatic carbocycles. The lowest BCUT2D eigenvalue weighted by Crippen LogP contribution is -2.49. The van der Waals surface area contributed by atoms with E-state index in [-0.39, 0.29) is 17.1 Å². The molecule has 3 rings (SSSR count). The zero-order valence-corrected chi connectivity index (χ0v) is 16.8. The Bertz CT molecular complexity index is 614. The fourth-order valence-corrected chi connectivity index (χ4v) is 5.24. The highest BCUT2D eigenvalue weighted by Gasteiger charge is 2.52. The number of hydrogen-bond donors (Lipinski definition) is 1. The van der Waals surface area contributed by atoms with Crippen molar-refractivity contribution in [2.45, 2.75) is 76.3 Å². The van der Waals surface area contributed by atoms with Gasteiger partial charge in [-0.25, -0.2) is 0 Å². The van der Waals surface area contributed by atoms with Crippen molar-refractivity contribution in [2.24, 2.45) is 5.92 Å². The maximum Gasteiger partial charge on any atom is 0.192 e. The first kappa shape index (κ1) is 17.9. The Morgan fingerprint density at radius 1 is 1.12 bits per heavy atom. The summed E-state index contributed by atoms with van der Waals surface area (Å²) in [6.45, 7) is 11.5. The molecule has 1 fully saturated rings. The highest BCUT2D eigenvalue weighted by Crippen LogP contribution is 2.52. The number of aliphatic hydroxyl groups is 1. The van der Waals surface area contributed by atoms with E-state index < -0.39 is 13.9 Å². The van der Waals surface area contributed by atoms with Crippen molar-refractivity contribution < 1.29 is 9.53 Å². The molecule has 0 amide bonds. The van der Waals surface area contributed by atoms with Crippen molar-refractivity contribution in [2.75, 3.05) is 0 Å². The molecule has 24 heavy (non-hydrogen) atoms. The highest BCUT2D eigenvalue weighted by atomic mass is 28.4. The van der Waals surface area contributed by atoms with Gasteiger partial charge in [-0.3, -0.25) is 0 Å². The van der Waals surface area contributed by atoms with Crippen LogP contribution in [-0.2, 0) is 4.43 Å². The SMILES string of the molecule is CC(C)(C)[Si](C)(C)OC1C=C(c2ccccc2)C2(O)CCCCC12. The van der Waals surface area contributed by atoms with E-state index in [1.165, 1.54) is 6.42 Å². The van der Waals surface area contributed by atoms with Gasteiger partial charge in [0.2, 0.25) is 0 Å². The predicted molar refractivity (Wildman–Crippen MR) is 103 cm³/mol. The minimum absolute atomic E-state index is 0.0476. The van der Waals surface area contributed by atoms with Gasteiger partial charge in [0.15, 0.2) is 8.32 Å². The van der Waals surface area contributed by atoms with Crippen LogP contribution in [0.1, 0.15) is 52.0 Å². The van der Waals surface area contributed by atoms with Gasteiger partial charge in [0.05, 0.1) is 11.7 Å². The van der Waals surface area contributed by atoms with Crippen LogP contribution in [-0.4, -0.2) is 25.1 Å². The molecule has 1 N–H and O–H groups in total. The molecule has 132 valence electrons. The second-order valence-electron chi connectivity index (χ2n) is 9.07. The van der Waals surface area contributed by atoms with Gasteiger partial charge in [0, 0.05) is 5.92 Å². The largest absolute Gasteiger partial charge is 0.410 e. The van der Waals surface area contributed by atoms with Crippen molar-refractivity contribution in [3.8, 4) is 0 Å². The van der Waals surface area contributed by atoms with Crippen molar-refractivity contribution in [1.82, 2.24) is 0 Å². The van der Waals surface area contributed by atoms with E-state index in [4.69, 9.17) is 4.43 Å². The molecule has 0 heterocycles. The zero-order valence-electron chi connectivity index (χ0n) is 15.8. The van der Waals surface area contributed by atoms with Crippen LogP contribution >= 0.6 is 0 Å². The minimum Gasteiger partial charge on any atom is -0.410 e. The van der Waals surface area contributed by atoms with E-state index in [1.807, 2.05) is 6.07 Å². The molecule has 2 nitrogen and oxygen atoms in total. The maximum absolute atomic E-state index is 11.6. The molecule has 2 aliphatic rings. The highest BCUT2D eigenvalue weighted by molar-refractivity contribution is 6.74. The van der Waals surface area contributed by atoms with Crippen LogP contribution in [0.5, 0.6) is 0 Å². The van der Waals surface area contributed by atoms with Gasteiger partial charge in [0.1, 0.15) is 0 Å². The molecule has 1 saturated carbocycles. The Morgan fingerprint density at radius 3 is 2.42 bits per heavy atom. The molecular formula is C21H32O2Si. The van der Waals surface area contributed by atoms with Gasteiger partial charge < -0.3 is 9.53 Å². The quantitative estimate of drug-likeness (QED) is 0.744. The molecule has 0 aliphatic heterocycles. The third-order valence-corrected chi connectivity index (χ3v) is 10.9. The molecular weight excluding hydrogens is 312 g/mol. The average molecular weight is 345 g/mol. The van der Waals surface area contributed by atoms with Crippen LogP contribution in [0, 0.1) is 5.92 Å². The van der Waals surface area contributed by atoms with E-state index in [1.54, 1.807) is 0 Å². The summed E-state index contributed by atoms with van der Waals surface area (Å²) in [4.78, 5) is 0. The van der Waals surface area contributed by atoms with E-state index in [0.717, 1.165) is 30.4 Å². The third kappa shape index (κ3) is 3.02. The van der Waals surface area contributed by atoms with Gasteiger partial charge in [-0.05, 0) is 42.1 Å². The van der Waals surface area contributed by atoms with Crippen molar-refractivity contribution in [3.05, 3.63) is 42.0 Å². The van der Waals surface area contributed by atoms with Crippen LogP contribution in [0.3, 0.4) is 0 Å². The van der Waals surface area contributed by atoms with Gasteiger partial charge in [0.25, 0.3) is 0 Å². The fraction of sp³-hybridized carbons (Fsp3) is 0.619. The topological polar surface area (TPSA) is 29.5 Å². The van der Waals surface area contributed by atoms with E-state index >= 15 is 0 Å². The number of hydrogen-bond acceptors (Lipinski definition) is 2. The first-order chi connectivity index (χ1) is 11.2. The average Bonchev–Trinajstić information content (AvgIpc) is 2.79. The lowest BCUT2D eigenvalue weighted by atomic mass is 9.72. The third-order valence-electron chi connectivity index (χ3n) is 6.45. The van der Waals surface area contributed by atoms with Crippen LogP contribution in [0.25, 0.3) is 5.57 Å². The van der Waals surface area contributed by atoms with Gasteiger partial charge >= 0.3 is 0 Å². The lowest BCUT2D eigenvalue weighted by Gasteiger charge is -2.43. The minimum atomic E-state index is -1.87. The zero-order chi connectivity index (χ0) is 17.6. The summed E-state index contributed by atoms with van der Waals surface area (Å²) in [5, 5.41) is 11.7. The Hall–Kier alpha value is -0.903. The first-order valence-corrected chi connectivity index (χ1v) is 12.2. The molecule has 0 bridgehead atoms. The van der Waals surface area contributed by atoms with E-state index in [9.17, 15) is 5.11 Å². The summed E-state index contributed by atoms with van der Waals surface area (Å²) in [7, 11) is -1.87. The smallest absolute Gasteiger partial charge is 0.192 e. The summed E-state index contributed by atoms with van der Waals surface area (Å²) in [5.41, 5.74) is 1.52. The van der Waals surface area contributed by atoms with Crippen molar-refractivity contribution in [3.63, 3.8) is 0 Å². The van der Waals surface area contributed by atoms with Crippen LogP contribution in [0.2, 0.25) is 18.1 Å². The molecule has 3 unspecified atom stereocenters. The number of benzene rings is 1. The van der Waals surface area contributed by atoms with Gasteiger partial charge in [-0.15, -0.1) is 0 Å². The Kier molecular flexibility index (Phi) is 4.56. The molecule has 1 aromatic carbocycles. The van der Waals surface area contributed by atoms with Crippen LogP contribution < -0.4 is 0 Å². The number of fused-ring (bicyclic) bond motifs is 1. The predicted octanol–water partition coefficient (Wildman–Crippen LogP) is 5.40. The van der Waals surface area contributed by atoms with Crippen LogP contribution in [0.15, 0.2) is 36.4 Å². The lowest BCUT2D eigenvalue weighted by molar-refractivity contribution is -0.0243. The fourth-order valence-electron chi connectivity index (χ4n) is 3.98. The second-order valence-corrected chi connectivity index (χ2v) is 13.8. The standard InChI is InChI=1S/C21H32O2Si/c1-20(2,3)24(4,5)23-19-15-18(16-11-7-6-8-12-16)21(22)14-10-9-13-17(19)21/h6-8,11-12,15,17,19,22H,9-10,13-14H2,1-5H3. The molecule has 0 aromatic heterocycles. The molecule has 0 radical (unpaired) electrons. The maximum atomic E-state index is 11.6. The Morgan fingerprint density at radius 2 is 1.79 bits per heavy atom. The monoisotopic (exact) mass is 344 g/mol. The number of rotatable bonds is 3. The van der Waals surface area contributed by atoms with Crippen molar-refractivity contribution in [1.29, 1.82) is 0 Å². The summed E-state index contributed by atoms with van der Waals surface area (Å²) in [6, 6.07) is 10.4.